The number of ether oxygens (including phenoxy) is 1. The second-order valence-electron chi connectivity index (χ2n) is 4.48. The summed E-state index contributed by atoms with van der Waals surface area (Å²) in [7, 11) is 0. The lowest BCUT2D eigenvalue weighted by atomic mass is 10.2. The van der Waals surface area contributed by atoms with Gasteiger partial charge in [0.25, 0.3) is 0 Å². The van der Waals surface area contributed by atoms with E-state index in [2.05, 4.69) is 26.1 Å². The summed E-state index contributed by atoms with van der Waals surface area (Å²) in [4.78, 5) is 0. The van der Waals surface area contributed by atoms with Crippen LogP contribution in [0.1, 0.15) is 11.1 Å². The number of benzene rings is 2. The van der Waals surface area contributed by atoms with Crippen LogP contribution in [0, 0.1) is 11.6 Å². The summed E-state index contributed by atoms with van der Waals surface area (Å²) >= 11 is 3.33. The lowest BCUT2D eigenvalue weighted by molar-refractivity contribution is 0.299. The predicted octanol–water partition coefficient (Wildman–Crippen LogP) is 2.91. The Bertz CT molecular complexity index is 761. The molecule has 8 heteroatoms. The third kappa shape index (κ3) is 5.03. The number of guanidine groups is 1. The minimum absolute atomic E-state index is 0.0586. The van der Waals surface area contributed by atoms with Crippen molar-refractivity contribution in [1.82, 2.24) is 0 Å². The summed E-state index contributed by atoms with van der Waals surface area (Å²) in [5.74, 6) is -1.03. The van der Waals surface area contributed by atoms with E-state index in [-0.39, 0.29) is 18.1 Å². The van der Waals surface area contributed by atoms with Gasteiger partial charge in [0.05, 0.1) is 6.21 Å². The molecule has 0 fully saturated rings. The van der Waals surface area contributed by atoms with Crippen LogP contribution < -0.4 is 16.2 Å². The normalized spacial score (nSPS) is 10.7. The first-order chi connectivity index (χ1) is 11.0. The number of rotatable bonds is 5. The van der Waals surface area contributed by atoms with Gasteiger partial charge in [0.1, 0.15) is 24.0 Å². The molecule has 0 bridgehead atoms. The molecule has 0 amide bonds. The first-order valence-electron chi connectivity index (χ1n) is 6.44. The summed E-state index contributed by atoms with van der Waals surface area (Å²) in [5.41, 5.74) is 11.2. The topological polar surface area (TPSA) is 86.0 Å². The Balaban J connectivity index is 2.19. The number of nitrogens with zero attached hydrogens (tertiary/aromatic N) is 2. The van der Waals surface area contributed by atoms with E-state index in [9.17, 15) is 8.78 Å². The number of hydrogen-bond acceptors (Lipinski definition) is 3. The van der Waals surface area contributed by atoms with Crippen LogP contribution in [-0.2, 0) is 6.61 Å². The molecule has 0 aliphatic carbocycles. The quantitative estimate of drug-likeness (QED) is 0.473. The van der Waals surface area contributed by atoms with Crippen molar-refractivity contribution in [2.45, 2.75) is 6.61 Å². The fraction of sp³-hybridized carbons (Fsp3) is 0.0667. The molecule has 0 atom stereocenters. The minimum Gasteiger partial charge on any atom is -0.488 e. The SMILES string of the molecule is NC(N)=N/N=C/c1cc(Br)ccc1OCc1ccc(F)cc1F. The van der Waals surface area contributed by atoms with E-state index in [0.717, 1.165) is 10.5 Å². The molecule has 2 aromatic rings. The molecule has 0 aromatic heterocycles. The summed E-state index contributed by atoms with van der Waals surface area (Å²) < 4.78 is 32.9. The zero-order valence-corrected chi connectivity index (χ0v) is 13.4. The molecule has 0 heterocycles. The third-order valence-electron chi connectivity index (χ3n) is 2.74. The number of nitrogens with two attached hydrogens (primary N) is 2. The van der Waals surface area contributed by atoms with Crippen LogP contribution in [-0.4, -0.2) is 12.2 Å². The molecule has 0 spiro atoms. The van der Waals surface area contributed by atoms with Crippen molar-refractivity contribution in [1.29, 1.82) is 0 Å². The van der Waals surface area contributed by atoms with Crippen LogP contribution in [0.5, 0.6) is 5.75 Å². The Morgan fingerprint density at radius 1 is 1.17 bits per heavy atom. The largest absolute Gasteiger partial charge is 0.488 e. The molecule has 5 nitrogen and oxygen atoms in total. The molecular weight excluding hydrogens is 370 g/mol. The summed E-state index contributed by atoms with van der Waals surface area (Å²) in [6.07, 6.45) is 1.40. The first kappa shape index (κ1) is 16.9. The van der Waals surface area contributed by atoms with E-state index in [1.54, 1.807) is 18.2 Å². The van der Waals surface area contributed by atoms with Gasteiger partial charge in [-0.1, -0.05) is 15.9 Å². The number of hydrogen-bond donors (Lipinski definition) is 2. The van der Waals surface area contributed by atoms with Crippen molar-refractivity contribution < 1.29 is 13.5 Å². The Morgan fingerprint density at radius 3 is 2.65 bits per heavy atom. The fourth-order valence-corrected chi connectivity index (χ4v) is 2.08. The Kier molecular flexibility index (Phi) is 5.64. The molecule has 2 aromatic carbocycles. The maximum absolute atomic E-state index is 13.6. The summed E-state index contributed by atoms with van der Waals surface area (Å²) in [5, 5.41) is 7.22. The van der Waals surface area contributed by atoms with Gasteiger partial charge >= 0.3 is 0 Å². The first-order valence-corrected chi connectivity index (χ1v) is 7.23. The van der Waals surface area contributed by atoms with Gasteiger partial charge in [-0.15, -0.1) is 5.10 Å². The van der Waals surface area contributed by atoms with Crippen LogP contribution in [0.15, 0.2) is 51.1 Å². The highest BCUT2D eigenvalue weighted by Crippen LogP contribution is 2.23. The second-order valence-corrected chi connectivity index (χ2v) is 5.39. The molecule has 23 heavy (non-hydrogen) atoms. The van der Waals surface area contributed by atoms with Crippen molar-refractivity contribution in [2.75, 3.05) is 0 Å². The van der Waals surface area contributed by atoms with Gasteiger partial charge in [-0.2, -0.15) is 5.10 Å². The number of halogens is 3. The van der Waals surface area contributed by atoms with Gasteiger partial charge in [0.2, 0.25) is 5.96 Å². The minimum atomic E-state index is -0.669. The lowest BCUT2D eigenvalue weighted by Crippen LogP contribution is -2.21. The van der Waals surface area contributed by atoms with Gasteiger partial charge < -0.3 is 16.2 Å². The Morgan fingerprint density at radius 2 is 1.96 bits per heavy atom. The molecule has 0 aliphatic heterocycles. The lowest BCUT2D eigenvalue weighted by Gasteiger charge is -2.10. The highest BCUT2D eigenvalue weighted by Gasteiger charge is 2.07. The standard InChI is InChI=1S/C15H13BrF2N4O/c16-11-2-4-14(10(5-11)7-21-22-15(19)20)23-8-9-1-3-12(17)6-13(9)18/h1-7H,8H2,(H4,19,20,22)/b21-7+. The van der Waals surface area contributed by atoms with Gasteiger partial charge in [-0.25, -0.2) is 8.78 Å². The monoisotopic (exact) mass is 382 g/mol. The van der Waals surface area contributed by atoms with Crippen LogP contribution in [0.25, 0.3) is 0 Å². The van der Waals surface area contributed by atoms with Gasteiger partial charge in [0, 0.05) is 21.7 Å². The van der Waals surface area contributed by atoms with Gasteiger partial charge in [-0.3, -0.25) is 0 Å². The fourth-order valence-electron chi connectivity index (χ4n) is 1.70. The zero-order valence-electron chi connectivity index (χ0n) is 11.8. The zero-order chi connectivity index (χ0) is 16.8. The average Bonchev–Trinajstić information content (AvgIpc) is 2.47. The van der Waals surface area contributed by atoms with Crippen molar-refractivity contribution in [2.24, 2.45) is 21.7 Å². The van der Waals surface area contributed by atoms with Crippen molar-refractivity contribution in [3.63, 3.8) is 0 Å². The van der Waals surface area contributed by atoms with E-state index >= 15 is 0 Å². The molecule has 2 rings (SSSR count). The Hall–Kier alpha value is -2.48. The molecule has 4 N–H and O–H groups in total. The van der Waals surface area contributed by atoms with Gasteiger partial charge in [-0.05, 0) is 30.3 Å². The highest BCUT2D eigenvalue weighted by atomic mass is 79.9. The van der Waals surface area contributed by atoms with Crippen molar-refractivity contribution in [3.8, 4) is 5.75 Å². The Labute approximate surface area is 139 Å². The van der Waals surface area contributed by atoms with Crippen LogP contribution in [0.3, 0.4) is 0 Å². The van der Waals surface area contributed by atoms with E-state index in [1.807, 2.05) is 0 Å². The molecule has 0 radical (unpaired) electrons. The maximum Gasteiger partial charge on any atom is 0.211 e. The second kappa shape index (κ2) is 7.68. The summed E-state index contributed by atoms with van der Waals surface area (Å²) in [6, 6.07) is 8.49. The third-order valence-corrected chi connectivity index (χ3v) is 3.23. The maximum atomic E-state index is 13.6. The van der Waals surface area contributed by atoms with E-state index in [1.165, 1.54) is 18.3 Å². The van der Waals surface area contributed by atoms with Crippen molar-refractivity contribution >= 4 is 28.1 Å². The molecule has 0 unspecified atom stereocenters. The van der Waals surface area contributed by atoms with Crippen LogP contribution in [0.2, 0.25) is 0 Å². The van der Waals surface area contributed by atoms with Gasteiger partial charge in [0.15, 0.2) is 0 Å². The average molecular weight is 383 g/mol. The molecule has 0 saturated heterocycles. The summed E-state index contributed by atoms with van der Waals surface area (Å²) in [6.45, 7) is -0.0586. The van der Waals surface area contributed by atoms with Crippen LogP contribution >= 0.6 is 15.9 Å². The van der Waals surface area contributed by atoms with E-state index in [0.29, 0.717) is 11.3 Å². The molecule has 120 valence electrons. The molecular formula is C15H13BrF2N4O. The predicted molar refractivity (Wildman–Crippen MR) is 88.2 cm³/mol. The smallest absolute Gasteiger partial charge is 0.211 e. The van der Waals surface area contributed by atoms with Crippen molar-refractivity contribution in [3.05, 3.63) is 63.6 Å². The highest BCUT2D eigenvalue weighted by molar-refractivity contribution is 9.10. The molecule has 0 saturated carbocycles. The molecule has 0 aliphatic rings. The van der Waals surface area contributed by atoms with Crippen LogP contribution in [0.4, 0.5) is 8.78 Å². The van der Waals surface area contributed by atoms with E-state index in [4.69, 9.17) is 16.2 Å². The van der Waals surface area contributed by atoms with E-state index < -0.39 is 11.6 Å².